The number of hydrogen-bond acceptors (Lipinski definition) is 4. The summed E-state index contributed by atoms with van der Waals surface area (Å²) in [5.41, 5.74) is 7.06. The summed E-state index contributed by atoms with van der Waals surface area (Å²) >= 11 is 5.01. The van der Waals surface area contributed by atoms with Crippen LogP contribution in [-0.4, -0.2) is 17.5 Å². The monoisotopic (exact) mass is 498 g/mol. The lowest BCUT2D eigenvalue weighted by atomic mass is 9.90. The highest BCUT2D eigenvalue weighted by Crippen LogP contribution is 2.33. The second kappa shape index (κ2) is 9.53. The minimum absolute atomic E-state index is 0.0471. The summed E-state index contributed by atoms with van der Waals surface area (Å²) in [7, 11) is 0. The summed E-state index contributed by atoms with van der Waals surface area (Å²) in [5.74, 6) is 0.842. The molecule has 0 saturated heterocycles. The van der Waals surface area contributed by atoms with E-state index in [1.54, 1.807) is 0 Å². The molecule has 1 aliphatic rings. The average Bonchev–Trinajstić information content (AvgIpc) is 3.22. The lowest BCUT2D eigenvalue weighted by Gasteiger charge is -2.16. The number of halogens is 1. The number of aryl methyl sites for hydroxylation is 3. The number of carbonyl (C=O) groups is 1. The summed E-state index contributed by atoms with van der Waals surface area (Å²) in [5, 5.41) is 5.46. The molecule has 2 aromatic carbocycles. The Labute approximate surface area is 196 Å². The van der Waals surface area contributed by atoms with Crippen LogP contribution >= 0.6 is 27.3 Å². The first-order valence-electron chi connectivity index (χ1n) is 10.7. The number of amides is 1. The zero-order chi connectivity index (χ0) is 22.0. The van der Waals surface area contributed by atoms with Gasteiger partial charge in [-0.15, -0.1) is 11.3 Å². The molecule has 1 heterocycles. The van der Waals surface area contributed by atoms with Gasteiger partial charge in [-0.1, -0.05) is 41.9 Å². The second-order valence-corrected chi connectivity index (χ2v) is 10.1. The van der Waals surface area contributed by atoms with Gasteiger partial charge in [0, 0.05) is 15.4 Å². The highest BCUT2D eigenvalue weighted by Gasteiger charge is 2.15. The van der Waals surface area contributed by atoms with Crippen molar-refractivity contribution >= 4 is 38.3 Å². The topological polar surface area (TPSA) is 51.2 Å². The van der Waals surface area contributed by atoms with E-state index in [9.17, 15) is 4.79 Å². The molecular weight excluding hydrogens is 472 g/mol. The van der Waals surface area contributed by atoms with E-state index < -0.39 is 0 Å². The average molecular weight is 499 g/mol. The van der Waals surface area contributed by atoms with Crippen molar-refractivity contribution in [3.63, 3.8) is 0 Å². The van der Waals surface area contributed by atoms with Crippen molar-refractivity contribution in [2.75, 3.05) is 11.9 Å². The van der Waals surface area contributed by atoms with Gasteiger partial charge in [-0.25, -0.2) is 4.98 Å². The zero-order valence-corrected chi connectivity index (χ0v) is 20.5. The second-order valence-electron chi connectivity index (χ2n) is 8.36. The van der Waals surface area contributed by atoms with Crippen molar-refractivity contribution in [2.24, 2.45) is 0 Å². The predicted octanol–water partition coefficient (Wildman–Crippen LogP) is 6.90. The summed E-state index contributed by atoms with van der Waals surface area (Å²) in [6.45, 7) is 6.19. The molecule has 1 amide bonds. The van der Waals surface area contributed by atoms with Crippen LogP contribution in [0.1, 0.15) is 54.9 Å². The van der Waals surface area contributed by atoms with Crippen LogP contribution in [0.25, 0.3) is 11.3 Å². The van der Waals surface area contributed by atoms with Crippen LogP contribution in [0.15, 0.2) is 40.2 Å². The van der Waals surface area contributed by atoms with Crippen molar-refractivity contribution < 1.29 is 9.53 Å². The van der Waals surface area contributed by atoms with Crippen molar-refractivity contribution in [2.45, 2.75) is 52.4 Å². The van der Waals surface area contributed by atoms with Crippen LogP contribution in [0.2, 0.25) is 0 Å². The van der Waals surface area contributed by atoms with E-state index in [0.717, 1.165) is 39.0 Å². The van der Waals surface area contributed by atoms with Gasteiger partial charge in [-0.05, 0) is 79.0 Å². The molecule has 4 nitrogen and oxygen atoms in total. The van der Waals surface area contributed by atoms with E-state index in [1.807, 2.05) is 18.4 Å². The van der Waals surface area contributed by atoms with Crippen molar-refractivity contribution in [3.05, 3.63) is 62.4 Å². The molecule has 0 unspecified atom stereocenters. The van der Waals surface area contributed by atoms with Gasteiger partial charge in [-0.3, -0.25) is 10.1 Å². The molecule has 1 aliphatic carbocycles. The Bertz CT molecular complexity index is 1110. The van der Waals surface area contributed by atoms with E-state index in [0.29, 0.717) is 11.0 Å². The van der Waals surface area contributed by atoms with E-state index in [1.165, 1.54) is 41.7 Å². The fraction of sp³-hybridized carbons (Fsp3) is 0.360. The number of nitrogens with one attached hydrogen (secondary N) is 1. The van der Waals surface area contributed by atoms with Crippen LogP contribution in [-0.2, 0) is 17.6 Å². The lowest BCUT2D eigenvalue weighted by Crippen LogP contribution is -2.20. The van der Waals surface area contributed by atoms with Gasteiger partial charge in [-0.2, -0.15) is 0 Å². The Morgan fingerprint density at radius 2 is 1.97 bits per heavy atom. The summed E-state index contributed by atoms with van der Waals surface area (Å²) < 4.78 is 6.91. The number of rotatable bonds is 6. The SMILES string of the molecule is Cc1cc(OCC(=O)Nc2nc(-c3ccc4c(c3)CCCC4)cs2)c(C(C)C)cc1Br. The molecule has 6 heteroatoms. The third-order valence-electron chi connectivity index (χ3n) is 5.67. The number of ether oxygens (including phenoxy) is 1. The smallest absolute Gasteiger partial charge is 0.264 e. The molecule has 31 heavy (non-hydrogen) atoms. The van der Waals surface area contributed by atoms with Crippen LogP contribution < -0.4 is 10.1 Å². The highest BCUT2D eigenvalue weighted by molar-refractivity contribution is 9.10. The summed E-state index contributed by atoms with van der Waals surface area (Å²) in [6, 6.07) is 10.7. The molecule has 162 valence electrons. The molecule has 0 radical (unpaired) electrons. The van der Waals surface area contributed by atoms with Gasteiger partial charge in [0.2, 0.25) is 0 Å². The fourth-order valence-corrected chi connectivity index (χ4v) is 5.00. The normalized spacial score (nSPS) is 13.2. The Balaban J connectivity index is 1.40. The molecule has 0 spiro atoms. The van der Waals surface area contributed by atoms with Gasteiger partial charge in [0.15, 0.2) is 11.7 Å². The lowest BCUT2D eigenvalue weighted by molar-refractivity contribution is -0.118. The van der Waals surface area contributed by atoms with Crippen molar-refractivity contribution in [1.82, 2.24) is 4.98 Å². The predicted molar refractivity (Wildman–Crippen MR) is 131 cm³/mol. The van der Waals surface area contributed by atoms with Gasteiger partial charge in [0.1, 0.15) is 5.75 Å². The maximum Gasteiger partial charge on any atom is 0.264 e. The molecule has 0 bridgehead atoms. The minimum atomic E-state index is -0.207. The van der Waals surface area contributed by atoms with Gasteiger partial charge >= 0.3 is 0 Å². The third kappa shape index (κ3) is 5.18. The first-order valence-corrected chi connectivity index (χ1v) is 12.4. The molecule has 0 saturated carbocycles. The van der Waals surface area contributed by atoms with Crippen LogP contribution in [0.5, 0.6) is 5.75 Å². The van der Waals surface area contributed by atoms with Crippen molar-refractivity contribution in [3.8, 4) is 17.0 Å². The number of hydrogen-bond donors (Lipinski definition) is 1. The van der Waals surface area contributed by atoms with Gasteiger partial charge < -0.3 is 4.74 Å². The number of aromatic nitrogens is 1. The Hall–Kier alpha value is -2.18. The Morgan fingerprint density at radius 1 is 1.19 bits per heavy atom. The molecule has 0 aliphatic heterocycles. The first kappa shape index (κ1) is 22.0. The molecule has 1 N–H and O–H groups in total. The number of thiazole rings is 1. The number of fused-ring (bicyclic) bond motifs is 1. The van der Waals surface area contributed by atoms with Gasteiger partial charge in [0.25, 0.3) is 5.91 Å². The number of nitrogens with zero attached hydrogens (tertiary/aromatic N) is 1. The molecule has 1 aromatic heterocycles. The van der Waals surface area contributed by atoms with E-state index in [2.05, 4.69) is 64.3 Å². The Morgan fingerprint density at radius 3 is 2.74 bits per heavy atom. The molecule has 0 fully saturated rings. The highest BCUT2D eigenvalue weighted by atomic mass is 79.9. The van der Waals surface area contributed by atoms with Crippen LogP contribution in [0.4, 0.5) is 5.13 Å². The van der Waals surface area contributed by atoms with E-state index >= 15 is 0 Å². The maximum atomic E-state index is 12.5. The summed E-state index contributed by atoms with van der Waals surface area (Å²) in [6.07, 6.45) is 4.84. The largest absolute Gasteiger partial charge is 0.483 e. The number of anilines is 1. The number of benzene rings is 2. The Kier molecular flexibility index (Phi) is 6.77. The minimum Gasteiger partial charge on any atom is -0.483 e. The molecular formula is C25H27BrN2O2S. The van der Waals surface area contributed by atoms with E-state index in [-0.39, 0.29) is 12.5 Å². The maximum absolute atomic E-state index is 12.5. The van der Waals surface area contributed by atoms with Crippen LogP contribution in [0.3, 0.4) is 0 Å². The fourth-order valence-electron chi connectivity index (χ4n) is 3.90. The molecule has 0 atom stereocenters. The van der Waals surface area contributed by atoms with Crippen molar-refractivity contribution in [1.29, 1.82) is 0 Å². The quantitative estimate of drug-likeness (QED) is 0.401. The van der Waals surface area contributed by atoms with Gasteiger partial charge in [0.05, 0.1) is 5.69 Å². The van der Waals surface area contributed by atoms with E-state index in [4.69, 9.17) is 4.74 Å². The zero-order valence-electron chi connectivity index (χ0n) is 18.1. The number of carbonyl (C=O) groups excluding carboxylic acids is 1. The summed E-state index contributed by atoms with van der Waals surface area (Å²) in [4.78, 5) is 17.1. The molecule has 4 rings (SSSR count). The molecule has 3 aromatic rings. The van der Waals surface area contributed by atoms with Crippen LogP contribution in [0, 0.1) is 6.92 Å². The first-order chi connectivity index (χ1) is 14.9. The third-order valence-corrected chi connectivity index (χ3v) is 7.28. The standard InChI is InChI=1S/C25H27BrN2O2S/c1-15(2)20-12-21(26)16(3)10-23(20)30-13-24(29)28-25-27-22(14-31-25)19-9-8-17-6-4-5-7-18(17)11-19/h8-12,14-15H,4-7,13H2,1-3H3,(H,27,28,29).